The topological polar surface area (TPSA) is 116 Å². The third-order valence-corrected chi connectivity index (χ3v) is 10.1. The van der Waals surface area contributed by atoms with Gasteiger partial charge in [-0.2, -0.15) is 15.5 Å². The molecule has 2 saturated heterocycles. The largest absolute Gasteiger partial charge is 0.357 e. The van der Waals surface area contributed by atoms with E-state index >= 15 is 0 Å². The van der Waals surface area contributed by atoms with Gasteiger partial charge in [-0.15, -0.1) is 12.4 Å². The summed E-state index contributed by atoms with van der Waals surface area (Å²) in [5.41, 5.74) is 4.88. The van der Waals surface area contributed by atoms with Crippen LogP contribution in [0.2, 0.25) is 0 Å². The van der Waals surface area contributed by atoms with E-state index in [1.165, 1.54) is 6.42 Å². The zero-order chi connectivity index (χ0) is 29.4. The van der Waals surface area contributed by atoms with Gasteiger partial charge in [-0.1, -0.05) is 6.92 Å². The first-order valence-electron chi connectivity index (χ1n) is 15.8. The summed E-state index contributed by atoms with van der Waals surface area (Å²) >= 11 is 0. The highest BCUT2D eigenvalue weighted by Gasteiger charge is 2.41. The molecule has 4 aromatic rings. The van der Waals surface area contributed by atoms with E-state index in [1.54, 1.807) is 10.7 Å². The number of carbonyl (C=O) groups excluding carboxylic acids is 1. The van der Waals surface area contributed by atoms with Gasteiger partial charge in [-0.25, -0.2) is 9.50 Å². The standard InChI is InChI=1S/C33H39N9O.ClH/c1-2-33(32(43)39-27-4-3-5-27)10-14-40(15-11-33)30-7-6-23(18-36-30)29-16-24(21-42-31(29)25(17-34)19-38-42)26-20-37-41(22-26)28-8-12-35-13-9-28;/h6-7,16,18-22,27-28,35H,2-5,8-15H2,1H3,(H,39,43);1H. The number of rotatable bonds is 7. The first-order chi connectivity index (χ1) is 21.1. The van der Waals surface area contributed by atoms with Gasteiger partial charge in [-0.3, -0.25) is 9.48 Å². The molecule has 0 atom stereocenters. The molecule has 11 heteroatoms. The van der Waals surface area contributed by atoms with Crippen molar-refractivity contribution in [3.63, 3.8) is 0 Å². The zero-order valence-electron chi connectivity index (χ0n) is 25.2. The zero-order valence-corrected chi connectivity index (χ0v) is 26.0. The molecule has 3 fully saturated rings. The number of nitrogens with zero attached hydrogens (tertiary/aromatic N) is 7. The SMILES string of the molecule is CCC1(C(=O)NC2CCC2)CCN(c2ccc(-c3cc(-c4cnn(C5CCNCC5)c4)cn4ncc(C#N)c34)cn2)CC1.Cl. The number of hydrogen-bond donors (Lipinski definition) is 2. The predicted molar refractivity (Wildman–Crippen MR) is 173 cm³/mol. The maximum absolute atomic E-state index is 13.2. The van der Waals surface area contributed by atoms with E-state index in [4.69, 9.17) is 10.1 Å². The minimum absolute atomic E-state index is 0. The molecule has 10 nitrogen and oxygen atoms in total. The molecule has 44 heavy (non-hydrogen) atoms. The molecule has 0 aromatic carbocycles. The summed E-state index contributed by atoms with van der Waals surface area (Å²) in [6.07, 6.45) is 17.6. The van der Waals surface area contributed by atoms with Gasteiger partial charge in [0.05, 0.1) is 34.9 Å². The Bertz CT molecular complexity index is 1650. The Morgan fingerprint density at radius 1 is 1.05 bits per heavy atom. The number of halogens is 1. The van der Waals surface area contributed by atoms with Crippen LogP contribution in [0.3, 0.4) is 0 Å². The quantitative estimate of drug-likeness (QED) is 0.296. The third-order valence-electron chi connectivity index (χ3n) is 10.1. The van der Waals surface area contributed by atoms with Gasteiger partial charge in [0.25, 0.3) is 0 Å². The maximum Gasteiger partial charge on any atom is 0.226 e. The van der Waals surface area contributed by atoms with Gasteiger partial charge in [0, 0.05) is 60.0 Å². The first kappa shape index (κ1) is 30.1. The highest BCUT2D eigenvalue weighted by atomic mass is 35.5. The molecule has 3 aliphatic rings. The van der Waals surface area contributed by atoms with Crippen LogP contribution in [0.15, 0.2) is 49.2 Å². The average molecular weight is 614 g/mol. The van der Waals surface area contributed by atoms with E-state index in [9.17, 15) is 10.1 Å². The summed E-state index contributed by atoms with van der Waals surface area (Å²) in [6, 6.07) is 9.34. The summed E-state index contributed by atoms with van der Waals surface area (Å²) in [7, 11) is 0. The molecule has 1 amide bonds. The fraction of sp³-hybridized carbons (Fsp3) is 0.485. The molecule has 6 heterocycles. The lowest BCUT2D eigenvalue weighted by Crippen LogP contribution is -2.52. The van der Waals surface area contributed by atoms with Crippen LogP contribution in [-0.4, -0.2) is 62.5 Å². The molecule has 1 saturated carbocycles. The third kappa shape index (κ3) is 5.55. The maximum atomic E-state index is 13.2. The Morgan fingerprint density at radius 2 is 1.84 bits per heavy atom. The Labute approximate surface area is 264 Å². The summed E-state index contributed by atoms with van der Waals surface area (Å²) in [4.78, 5) is 20.3. The number of aromatic nitrogens is 5. The van der Waals surface area contributed by atoms with E-state index in [0.29, 0.717) is 17.6 Å². The van der Waals surface area contributed by atoms with Crippen molar-refractivity contribution in [2.45, 2.75) is 70.4 Å². The number of pyridine rings is 2. The van der Waals surface area contributed by atoms with Crippen LogP contribution in [0.5, 0.6) is 0 Å². The lowest BCUT2D eigenvalue weighted by Gasteiger charge is -2.42. The minimum atomic E-state index is -0.282. The number of amides is 1. The van der Waals surface area contributed by atoms with Gasteiger partial charge in [0.1, 0.15) is 11.9 Å². The van der Waals surface area contributed by atoms with E-state index in [-0.39, 0.29) is 23.7 Å². The molecule has 4 aromatic heterocycles. The van der Waals surface area contributed by atoms with Crippen molar-refractivity contribution in [1.82, 2.24) is 35.0 Å². The smallest absolute Gasteiger partial charge is 0.226 e. The van der Waals surface area contributed by atoms with Crippen LogP contribution in [0.1, 0.15) is 69.9 Å². The van der Waals surface area contributed by atoms with Crippen molar-refractivity contribution in [2.24, 2.45) is 5.41 Å². The molecule has 230 valence electrons. The van der Waals surface area contributed by atoms with Crippen LogP contribution >= 0.6 is 12.4 Å². The molecule has 0 bridgehead atoms. The Balaban J connectivity index is 0.00000343. The van der Waals surface area contributed by atoms with Gasteiger partial charge in [-0.05, 0) is 82.7 Å². The number of carbonyl (C=O) groups is 1. The van der Waals surface area contributed by atoms with Crippen LogP contribution in [-0.2, 0) is 4.79 Å². The molecular weight excluding hydrogens is 574 g/mol. The number of nitriles is 1. The summed E-state index contributed by atoms with van der Waals surface area (Å²) in [5.74, 6) is 1.15. The predicted octanol–water partition coefficient (Wildman–Crippen LogP) is 5.14. The van der Waals surface area contributed by atoms with Crippen LogP contribution in [0.4, 0.5) is 5.82 Å². The molecular formula is C33H40ClN9O. The number of hydrogen-bond acceptors (Lipinski definition) is 7. The fourth-order valence-corrected chi connectivity index (χ4v) is 6.87. The highest BCUT2D eigenvalue weighted by molar-refractivity contribution is 5.87. The Morgan fingerprint density at radius 3 is 2.50 bits per heavy atom. The number of nitrogens with one attached hydrogen (secondary N) is 2. The van der Waals surface area contributed by atoms with Gasteiger partial charge < -0.3 is 15.5 Å². The summed E-state index contributed by atoms with van der Waals surface area (Å²) in [5, 5.41) is 25.8. The van der Waals surface area contributed by atoms with Crippen molar-refractivity contribution in [2.75, 3.05) is 31.1 Å². The highest BCUT2D eigenvalue weighted by Crippen LogP contribution is 2.38. The monoisotopic (exact) mass is 613 g/mol. The van der Waals surface area contributed by atoms with E-state index in [0.717, 1.165) is 105 Å². The van der Waals surface area contributed by atoms with Crippen LogP contribution < -0.4 is 15.5 Å². The number of fused-ring (bicyclic) bond motifs is 1. The van der Waals surface area contributed by atoms with Crippen molar-refractivity contribution < 1.29 is 4.79 Å². The molecule has 0 unspecified atom stereocenters. The average Bonchev–Trinajstić information content (AvgIpc) is 3.71. The second-order valence-corrected chi connectivity index (χ2v) is 12.4. The Hall–Kier alpha value is -3.94. The summed E-state index contributed by atoms with van der Waals surface area (Å²) in [6.45, 7) is 5.77. The van der Waals surface area contributed by atoms with Crippen molar-refractivity contribution in [1.29, 1.82) is 5.26 Å². The molecule has 7 rings (SSSR count). The second-order valence-electron chi connectivity index (χ2n) is 12.4. The van der Waals surface area contributed by atoms with Crippen LogP contribution in [0, 0.1) is 16.7 Å². The van der Waals surface area contributed by atoms with E-state index in [1.807, 2.05) is 18.6 Å². The molecule has 2 N–H and O–H groups in total. The Kier molecular flexibility index (Phi) is 8.61. The first-order valence-corrected chi connectivity index (χ1v) is 15.8. The molecule has 1 aliphatic carbocycles. The van der Waals surface area contributed by atoms with Crippen molar-refractivity contribution >= 4 is 29.6 Å². The fourth-order valence-electron chi connectivity index (χ4n) is 6.87. The van der Waals surface area contributed by atoms with Crippen LogP contribution in [0.25, 0.3) is 27.8 Å². The molecule has 0 spiro atoms. The van der Waals surface area contributed by atoms with Crippen molar-refractivity contribution in [3.05, 3.63) is 54.7 Å². The number of anilines is 1. The lowest BCUT2D eigenvalue weighted by atomic mass is 9.74. The number of piperidine rings is 2. The van der Waals surface area contributed by atoms with Gasteiger partial charge in [0.2, 0.25) is 5.91 Å². The molecule has 2 aliphatic heterocycles. The lowest BCUT2D eigenvalue weighted by molar-refractivity contribution is -0.133. The van der Waals surface area contributed by atoms with E-state index < -0.39 is 0 Å². The normalized spacial score (nSPS) is 18.8. The van der Waals surface area contributed by atoms with Gasteiger partial charge >= 0.3 is 0 Å². The second kappa shape index (κ2) is 12.6. The summed E-state index contributed by atoms with van der Waals surface area (Å²) < 4.78 is 3.88. The van der Waals surface area contributed by atoms with E-state index in [2.05, 4.69) is 62.7 Å². The molecule has 0 radical (unpaired) electrons. The van der Waals surface area contributed by atoms with Gasteiger partial charge in [0.15, 0.2) is 0 Å². The van der Waals surface area contributed by atoms with Crippen molar-refractivity contribution in [3.8, 4) is 28.3 Å². The minimum Gasteiger partial charge on any atom is -0.357 e.